The summed E-state index contributed by atoms with van der Waals surface area (Å²) in [5, 5.41) is 0. The van der Waals surface area contributed by atoms with E-state index in [0.29, 0.717) is 11.5 Å². The first-order valence-electron chi connectivity index (χ1n) is 6.93. The van der Waals surface area contributed by atoms with Crippen molar-refractivity contribution in [1.82, 2.24) is 4.90 Å². The van der Waals surface area contributed by atoms with Gasteiger partial charge in [0.15, 0.2) is 0 Å². The molecule has 0 saturated carbocycles. The fourth-order valence-corrected chi connectivity index (χ4v) is 2.85. The molecule has 3 unspecified atom stereocenters. The van der Waals surface area contributed by atoms with Crippen molar-refractivity contribution in [3.05, 3.63) is 35.4 Å². The van der Waals surface area contributed by atoms with Crippen LogP contribution >= 0.6 is 0 Å². The fourth-order valence-electron chi connectivity index (χ4n) is 2.85. The van der Waals surface area contributed by atoms with Gasteiger partial charge in [-0.2, -0.15) is 0 Å². The summed E-state index contributed by atoms with van der Waals surface area (Å²) in [6, 6.07) is 3.94. The molecule has 0 spiro atoms. The smallest absolute Gasteiger partial charge is 0.126 e. The number of nitrogens with zero attached hydrogens (tertiary/aromatic N) is 1. The van der Waals surface area contributed by atoms with Gasteiger partial charge in [-0.25, -0.2) is 8.78 Å². The second-order valence-corrected chi connectivity index (χ2v) is 5.64. The topological polar surface area (TPSA) is 29.3 Å². The Labute approximate surface area is 113 Å². The van der Waals surface area contributed by atoms with E-state index in [9.17, 15) is 8.78 Å². The van der Waals surface area contributed by atoms with Gasteiger partial charge in [-0.3, -0.25) is 4.90 Å². The van der Waals surface area contributed by atoms with Crippen LogP contribution in [0.5, 0.6) is 0 Å². The van der Waals surface area contributed by atoms with E-state index in [1.165, 1.54) is 12.1 Å². The maximum Gasteiger partial charge on any atom is 0.126 e. The zero-order valence-corrected chi connectivity index (χ0v) is 11.6. The van der Waals surface area contributed by atoms with Crippen molar-refractivity contribution >= 4 is 0 Å². The number of nitrogens with two attached hydrogens (primary N) is 1. The van der Waals surface area contributed by atoms with Crippen molar-refractivity contribution in [1.29, 1.82) is 0 Å². The SMILES string of the molecule is CC(N)C1CCCN(C(C)c2cc(F)cc(F)c2)C1. The van der Waals surface area contributed by atoms with Crippen molar-refractivity contribution < 1.29 is 8.78 Å². The summed E-state index contributed by atoms with van der Waals surface area (Å²) in [4.78, 5) is 2.27. The molecule has 0 aromatic heterocycles. The molecule has 2 N–H and O–H groups in total. The maximum atomic E-state index is 13.3. The highest BCUT2D eigenvalue weighted by Gasteiger charge is 2.26. The summed E-state index contributed by atoms with van der Waals surface area (Å²) in [7, 11) is 0. The van der Waals surface area contributed by atoms with E-state index in [1.54, 1.807) is 0 Å². The zero-order chi connectivity index (χ0) is 14.0. The van der Waals surface area contributed by atoms with Crippen LogP contribution in [-0.2, 0) is 0 Å². The Morgan fingerprint density at radius 3 is 2.42 bits per heavy atom. The minimum Gasteiger partial charge on any atom is -0.328 e. The van der Waals surface area contributed by atoms with Gasteiger partial charge in [0.25, 0.3) is 0 Å². The second-order valence-electron chi connectivity index (χ2n) is 5.64. The molecule has 2 nitrogen and oxygen atoms in total. The first kappa shape index (κ1) is 14.4. The predicted octanol–water partition coefficient (Wildman–Crippen LogP) is 3.09. The second kappa shape index (κ2) is 5.97. The Kier molecular flexibility index (Phi) is 4.53. The molecule has 1 aromatic carbocycles. The Balaban J connectivity index is 2.12. The van der Waals surface area contributed by atoms with Gasteiger partial charge >= 0.3 is 0 Å². The average molecular weight is 268 g/mol. The lowest BCUT2D eigenvalue weighted by atomic mass is 9.90. The average Bonchev–Trinajstić information content (AvgIpc) is 2.37. The van der Waals surface area contributed by atoms with Crippen molar-refractivity contribution in [3.8, 4) is 0 Å². The van der Waals surface area contributed by atoms with Crippen LogP contribution in [-0.4, -0.2) is 24.0 Å². The third-order valence-electron chi connectivity index (χ3n) is 4.15. The van der Waals surface area contributed by atoms with Crippen LogP contribution in [0.15, 0.2) is 18.2 Å². The van der Waals surface area contributed by atoms with Crippen LogP contribution in [0.1, 0.15) is 38.3 Å². The normalized spacial score (nSPS) is 24.2. The van der Waals surface area contributed by atoms with Gasteiger partial charge in [0.1, 0.15) is 11.6 Å². The number of hydrogen-bond acceptors (Lipinski definition) is 2. The van der Waals surface area contributed by atoms with E-state index in [2.05, 4.69) is 4.90 Å². The van der Waals surface area contributed by atoms with E-state index in [-0.39, 0.29) is 12.1 Å². The number of hydrogen-bond donors (Lipinski definition) is 1. The third kappa shape index (κ3) is 3.51. The quantitative estimate of drug-likeness (QED) is 0.912. The molecule has 19 heavy (non-hydrogen) atoms. The number of piperidine rings is 1. The molecule has 1 fully saturated rings. The van der Waals surface area contributed by atoms with Crippen molar-refractivity contribution in [2.24, 2.45) is 11.7 Å². The maximum absolute atomic E-state index is 13.3. The first-order chi connectivity index (χ1) is 8.97. The lowest BCUT2D eigenvalue weighted by Gasteiger charge is -2.38. The molecular formula is C15H22F2N2. The van der Waals surface area contributed by atoms with Gasteiger partial charge in [0, 0.05) is 24.7 Å². The largest absolute Gasteiger partial charge is 0.328 e. The van der Waals surface area contributed by atoms with Crippen LogP contribution < -0.4 is 5.73 Å². The number of benzene rings is 1. The molecule has 106 valence electrons. The number of halogens is 2. The zero-order valence-electron chi connectivity index (χ0n) is 11.6. The molecule has 1 saturated heterocycles. The first-order valence-corrected chi connectivity index (χ1v) is 6.93. The Morgan fingerprint density at radius 1 is 1.21 bits per heavy atom. The lowest BCUT2D eigenvalue weighted by molar-refractivity contribution is 0.121. The van der Waals surface area contributed by atoms with Crippen LogP contribution in [0.3, 0.4) is 0 Å². The van der Waals surface area contributed by atoms with Crippen molar-refractivity contribution in [2.75, 3.05) is 13.1 Å². The Hall–Kier alpha value is -1.00. The van der Waals surface area contributed by atoms with E-state index in [0.717, 1.165) is 32.0 Å². The molecule has 1 aliphatic heterocycles. The lowest BCUT2D eigenvalue weighted by Crippen LogP contribution is -2.43. The molecule has 1 heterocycles. The standard InChI is InChI=1S/C15H22F2N2/c1-10(18)12-4-3-5-19(9-12)11(2)13-6-14(16)8-15(17)7-13/h6-8,10-12H,3-5,9,18H2,1-2H3. The Morgan fingerprint density at radius 2 is 1.84 bits per heavy atom. The van der Waals surface area contributed by atoms with Crippen molar-refractivity contribution in [3.63, 3.8) is 0 Å². The molecule has 4 heteroatoms. The summed E-state index contributed by atoms with van der Waals surface area (Å²) in [5.41, 5.74) is 6.67. The molecule has 1 aromatic rings. The third-order valence-corrected chi connectivity index (χ3v) is 4.15. The Bertz CT molecular complexity index is 414. The van der Waals surface area contributed by atoms with E-state index >= 15 is 0 Å². The highest BCUT2D eigenvalue weighted by atomic mass is 19.1. The van der Waals surface area contributed by atoms with Gasteiger partial charge in [0.2, 0.25) is 0 Å². The van der Waals surface area contributed by atoms with Crippen LogP contribution in [0.25, 0.3) is 0 Å². The highest BCUT2D eigenvalue weighted by molar-refractivity contribution is 5.21. The molecule has 0 aliphatic carbocycles. The monoisotopic (exact) mass is 268 g/mol. The molecule has 0 bridgehead atoms. The molecule has 0 amide bonds. The number of likely N-dealkylation sites (tertiary alicyclic amines) is 1. The molecule has 2 rings (SSSR count). The van der Waals surface area contributed by atoms with Gasteiger partial charge in [-0.05, 0) is 56.8 Å². The molecular weight excluding hydrogens is 246 g/mol. The molecule has 0 radical (unpaired) electrons. The van der Waals surface area contributed by atoms with Crippen LogP contribution in [0.4, 0.5) is 8.78 Å². The van der Waals surface area contributed by atoms with E-state index in [1.807, 2.05) is 13.8 Å². The van der Waals surface area contributed by atoms with Crippen LogP contribution in [0.2, 0.25) is 0 Å². The van der Waals surface area contributed by atoms with Gasteiger partial charge in [-0.1, -0.05) is 0 Å². The summed E-state index contributed by atoms with van der Waals surface area (Å²) in [6.07, 6.45) is 2.23. The summed E-state index contributed by atoms with van der Waals surface area (Å²) >= 11 is 0. The van der Waals surface area contributed by atoms with Gasteiger partial charge in [-0.15, -0.1) is 0 Å². The summed E-state index contributed by atoms with van der Waals surface area (Å²) < 4.78 is 26.6. The van der Waals surface area contributed by atoms with E-state index in [4.69, 9.17) is 5.73 Å². The van der Waals surface area contributed by atoms with Crippen molar-refractivity contribution in [2.45, 2.75) is 38.8 Å². The van der Waals surface area contributed by atoms with Crippen LogP contribution in [0, 0.1) is 17.6 Å². The summed E-state index contributed by atoms with van der Waals surface area (Å²) in [5.74, 6) is -0.556. The van der Waals surface area contributed by atoms with E-state index < -0.39 is 11.6 Å². The summed E-state index contributed by atoms with van der Waals surface area (Å²) in [6.45, 7) is 5.89. The van der Waals surface area contributed by atoms with Gasteiger partial charge in [0.05, 0.1) is 0 Å². The predicted molar refractivity (Wildman–Crippen MR) is 72.7 cm³/mol. The molecule has 1 aliphatic rings. The minimum absolute atomic E-state index is 0.0201. The number of rotatable bonds is 3. The molecule has 3 atom stereocenters. The minimum atomic E-state index is -0.511. The van der Waals surface area contributed by atoms with Gasteiger partial charge < -0.3 is 5.73 Å². The fraction of sp³-hybridized carbons (Fsp3) is 0.600. The highest BCUT2D eigenvalue weighted by Crippen LogP contribution is 2.28.